The Bertz CT molecular complexity index is 879. The number of anilines is 2. The third-order valence-corrected chi connectivity index (χ3v) is 4.49. The van der Waals surface area contributed by atoms with Crippen molar-refractivity contribution in [1.82, 2.24) is 9.97 Å². The molecule has 26 heavy (non-hydrogen) atoms. The lowest BCUT2D eigenvalue weighted by molar-refractivity contribution is 0.120. The first-order valence-electron chi connectivity index (χ1n) is 8.88. The number of ether oxygens (including phenoxy) is 1. The third-order valence-electron chi connectivity index (χ3n) is 4.49. The first kappa shape index (κ1) is 16.7. The highest BCUT2D eigenvalue weighted by atomic mass is 19.1. The minimum absolute atomic E-state index is 0.223. The highest BCUT2D eigenvalue weighted by Gasteiger charge is 2.16. The van der Waals surface area contributed by atoms with E-state index in [1.807, 2.05) is 24.3 Å². The van der Waals surface area contributed by atoms with Crippen molar-refractivity contribution in [1.29, 1.82) is 0 Å². The monoisotopic (exact) mass is 352 g/mol. The summed E-state index contributed by atoms with van der Waals surface area (Å²) in [4.78, 5) is 9.23. The number of hydrogen-bond acceptors (Lipinski definition) is 5. The van der Waals surface area contributed by atoms with Gasteiger partial charge in [0, 0.05) is 25.1 Å². The van der Waals surface area contributed by atoms with Crippen LogP contribution in [0.5, 0.6) is 0 Å². The molecule has 1 aliphatic rings. The van der Waals surface area contributed by atoms with Gasteiger partial charge in [0.25, 0.3) is 0 Å². The number of benzene rings is 2. The van der Waals surface area contributed by atoms with E-state index in [9.17, 15) is 4.39 Å². The molecule has 134 valence electrons. The summed E-state index contributed by atoms with van der Waals surface area (Å²) in [6.45, 7) is 2.09. The molecule has 0 amide bonds. The number of fused-ring (bicyclic) bond motifs is 1. The molecule has 1 unspecified atom stereocenters. The molecule has 1 atom stereocenters. The van der Waals surface area contributed by atoms with E-state index in [0.717, 1.165) is 41.7 Å². The SMILES string of the molecule is Fc1ccc(CNc2nc(NCC3CCCO3)nc3ccccc23)cc1. The molecular formula is C20H21FN4O. The largest absolute Gasteiger partial charge is 0.376 e. The Morgan fingerprint density at radius 3 is 2.69 bits per heavy atom. The second kappa shape index (κ2) is 7.66. The summed E-state index contributed by atoms with van der Waals surface area (Å²) >= 11 is 0. The van der Waals surface area contributed by atoms with Gasteiger partial charge >= 0.3 is 0 Å². The van der Waals surface area contributed by atoms with Crippen molar-refractivity contribution in [2.24, 2.45) is 0 Å². The molecule has 0 spiro atoms. The van der Waals surface area contributed by atoms with Gasteiger partial charge in [0.2, 0.25) is 5.95 Å². The number of nitrogens with one attached hydrogen (secondary N) is 2. The predicted molar refractivity (Wildman–Crippen MR) is 101 cm³/mol. The maximum atomic E-state index is 13.1. The number of hydrogen-bond donors (Lipinski definition) is 2. The van der Waals surface area contributed by atoms with Crippen molar-refractivity contribution in [3.8, 4) is 0 Å². The quantitative estimate of drug-likeness (QED) is 0.703. The number of aromatic nitrogens is 2. The van der Waals surface area contributed by atoms with E-state index >= 15 is 0 Å². The van der Waals surface area contributed by atoms with Gasteiger partial charge < -0.3 is 15.4 Å². The zero-order valence-corrected chi connectivity index (χ0v) is 14.4. The molecule has 3 aromatic rings. The third kappa shape index (κ3) is 3.91. The normalized spacial score (nSPS) is 16.7. The van der Waals surface area contributed by atoms with Crippen molar-refractivity contribution in [2.75, 3.05) is 23.8 Å². The van der Waals surface area contributed by atoms with Crippen LogP contribution < -0.4 is 10.6 Å². The van der Waals surface area contributed by atoms with E-state index in [1.54, 1.807) is 12.1 Å². The van der Waals surface area contributed by atoms with Gasteiger partial charge in [-0.2, -0.15) is 4.98 Å². The van der Waals surface area contributed by atoms with Crippen LogP contribution in [0.15, 0.2) is 48.5 Å². The smallest absolute Gasteiger partial charge is 0.225 e. The summed E-state index contributed by atoms with van der Waals surface area (Å²) in [6.07, 6.45) is 2.40. The molecule has 0 saturated carbocycles. The zero-order chi connectivity index (χ0) is 17.8. The molecule has 5 nitrogen and oxygen atoms in total. The first-order chi connectivity index (χ1) is 12.8. The van der Waals surface area contributed by atoms with Gasteiger partial charge in [0.1, 0.15) is 11.6 Å². The molecular weight excluding hydrogens is 331 g/mol. The van der Waals surface area contributed by atoms with E-state index in [1.165, 1.54) is 12.1 Å². The topological polar surface area (TPSA) is 59.1 Å². The lowest BCUT2D eigenvalue weighted by Gasteiger charge is -2.14. The molecule has 4 rings (SSSR count). The molecule has 1 aliphatic heterocycles. The Morgan fingerprint density at radius 1 is 1.04 bits per heavy atom. The van der Waals surface area contributed by atoms with Gasteiger partial charge in [-0.05, 0) is 42.7 Å². The standard InChI is InChI=1S/C20H21FN4O/c21-15-9-7-14(8-10-15)12-22-19-17-5-1-2-6-18(17)24-20(25-19)23-13-16-4-3-11-26-16/h1-2,5-10,16H,3-4,11-13H2,(H2,22,23,24,25). The zero-order valence-electron chi connectivity index (χ0n) is 14.4. The Morgan fingerprint density at radius 2 is 1.88 bits per heavy atom. The van der Waals surface area contributed by atoms with E-state index in [2.05, 4.69) is 20.6 Å². The molecule has 2 heterocycles. The van der Waals surface area contributed by atoms with E-state index in [0.29, 0.717) is 19.0 Å². The van der Waals surface area contributed by atoms with Crippen LogP contribution in [0.25, 0.3) is 10.9 Å². The van der Waals surface area contributed by atoms with Crippen LogP contribution in [-0.2, 0) is 11.3 Å². The maximum absolute atomic E-state index is 13.1. The lowest BCUT2D eigenvalue weighted by Crippen LogP contribution is -2.20. The van der Waals surface area contributed by atoms with Crippen molar-refractivity contribution in [3.05, 3.63) is 59.9 Å². The predicted octanol–water partition coefficient (Wildman–Crippen LogP) is 3.97. The summed E-state index contributed by atoms with van der Waals surface area (Å²) in [5.41, 5.74) is 1.86. The Balaban J connectivity index is 1.53. The number of para-hydroxylation sites is 1. The lowest BCUT2D eigenvalue weighted by atomic mass is 10.2. The molecule has 2 aromatic carbocycles. The second-order valence-corrected chi connectivity index (χ2v) is 6.41. The fourth-order valence-electron chi connectivity index (χ4n) is 3.09. The Kier molecular flexibility index (Phi) is 4.93. The van der Waals surface area contributed by atoms with Gasteiger partial charge in [0.05, 0.1) is 11.6 Å². The summed E-state index contributed by atoms with van der Waals surface area (Å²) in [5, 5.41) is 7.59. The van der Waals surface area contributed by atoms with Crippen LogP contribution in [0.4, 0.5) is 16.2 Å². The molecule has 6 heteroatoms. The highest BCUT2D eigenvalue weighted by molar-refractivity contribution is 5.90. The van der Waals surface area contributed by atoms with Crippen molar-refractivity contribution >= 4 is 22.7 Å². The van der Waals surface area contributed by atoms with E-state index in [-0.39, 0.29) is 11.9 Å². The van der Waals surface area contributed by atoms with Gasteiger partial charge in [-0.15, -0.1) is 0 Å². The van der Waals surface area contributed by atoms with Crippen LogP contribution in [-0.4, -0.2) is 29.2 Å². The van der Waals surface area contributed by atoms with Gasteiger partial charge in [-0.25, -0.2) is 9.37 Å². The number of rotatable bonds is 6. The molecule has 2 N–H and O–H groups in total. The Hall–Kier alpha value is -2.73. The summed E-state index contributed by atoms with van der Waals surface area (Å²) in [5.74, 6) is 1.11. The number of nitrogens with zero attached hydrogens (tertiary/aromatic N) is 2. The molecule has 0 bridgehead atoms. The minimum Gasteiger partial charge on any atom is -0.376 e. The molecule has 0 aliphatic carbocycles. The van der Waals surface area contributed by atoms with Gasteiger partial charge in [-0.1, -0.05) is 24.3 Å². The highest BCUT2D eigenvalue weighted by Crippen LogP contribution is 2.23. The first-order valence-corrected chi connectivity index (χ1v) is 8.88. The van der Waals surface area contributed by atoms with Crippen LogP contribution in [0.2, 0.25) is 0 Å². The van der Waals surface area contributed by atoms with Crippen LogP contribution in [0.1, 0.15) is 18.4 Å². The summed E-state index contributed by atoms with van der Waals surface area (Å²) in [6, 6.07) is 14.3. The average Bonchev–Trinajstić information content (AvgIpc) is 3.19. The fourth-order valence-corrected chi connectivity index (χ4v) is 3.09. The van der Waals surface area contributed by atoms with Crippen LogP contribution in [0.3, 0.4) is 0 Å². The van der Waals surface area contributed by atoms with Gasteiger partial charge in [-0.3, -0.25) is 0 Å². The van der Waals surface area contributed by atoms with Crippen molar-refractivity contribution in [3.63, 3.8) is 0 Å². The maximum Gasteiger partial charge on any atom is 0.225 e. The van der Waals surface area contributed by atoms with Crippen molar-refractivity contribution < 1.29 is 9.13 Å². The van der Waals surface area contributed by atoms with Gasteiger partial charge in [0.15, 0.2) is 0 Å². The second-order valence-electron chi connectivity index (χ2n) is 6.41. The molecule has 1 aromatic heterocycles. The van der Waals surface area contributed by atoms with Crippen LogP contribution >= 0.6 is 0 Å². The fraction of sp³-hybridized carbons (Fsp3) is 0.300. The summed E-state index contributed by atoms with van der Waals surface area (Å²) < 4.78 is 18.7. The van der Waals surface area contributed by atoms with E-state index in [4.69, 9.17) is 4.74 Å². The Labute approximate surface area is 151 Å². The number of halogens is 1. The van der Waals surface area contributed by atoms with Crippen molar-refractivity contribution in [2.45, 2.75) is 25.5 Å². The van der Waals surface area contributed by atoms with Crippen LogP contribution in [0, 0.1) is 5.82 Å². The molecule has 1 fully saturated rings. The molecule has 1 saturated heterocycles. The van der Waals surface area contributed by atoms with E-state index < -0.39 is 0 Å². The minimum atomic E-state index is -0.234. The summed E-state index contributed by atoms with van der Waals surface area (Å²) in [7, 11) is 0. The molecule has 0 radical (unpaired) electrons. The average molecular weight is 352 g/mol.